The first-order chi connectivity index (χ1) is 14.0. The summed E-state index contributed by atoms with van der Waals surface area (Å²) in [7, 11) is 1.57. The summed E-state index contributed by atoms with van der Waals surface area (Å²) < 4.78 is 5.12. The van der Waals surface area contributed by atoms with Gasteiger partial charge in [-0.25, -0.2) is 0 Å². The van der Waals surface area contributed by atoms with Gasteiger partial charge in [-0.1, -0.05) is 35.4 Å². The van der Waals surface area contributed by atoms with Crippen LogP contribution in [0.3, 0.4) is 0 Å². The molecule has 2 aromatic rings. The summed E-state index contributed by atoms with van der Waals surface area (Å²) in [5.41, 5.74) is 9.69. The Kier molecular flexibility index (Phi) is 5.80. The number of methoxy groups -OCH3 is 1. The van der Waals surface area contributed by atoms with Gasteiger partial charge in [0.2, 0.25) is 5.91 Å². The quantitative estimate of drug-likeness (QED) is 0.336. The fraction of sp³-hybridized carbons (Fsp3) is 0.250. The molecule has 1 heterocycles. The van der Waals surface area contributed by atoms with Crippen molar-refractivity contribution in [2.45, 2.75) is 19.5 Å². The minimum absolute atomic E-state index is 0.0715. The summed E-state index contributed by atoms with van der Waals surface area (Å²) in [6.07, 6.45) is 0. The van der Waals surface area contributed by atoms with E-state index < -0.39 is 17.9 Å². The van der Waals surface area contributed by atoms with Crippen molar-refractivity contribution in [1.29, 1.82) is 0 Å². The largest absolute Gasteiger partial charge is 0.497 e. The van der Waals surface area contributed by atoms with E-state index in [1.807, 2.05) is 12.1 Å². The highest BCUT2D eigenvalue weighted by atomic mass is 16.5. The molecule has 0 aliphatic carbocycles. The van der Waals surface area contributed by atoms with Crippen LogP contribution in [0.2, 0.25) is 0 Å². The van der Waals surface area contributed by atoms with E-state index in [0.29, 0.717) is 5.75 Å². The first-order valence-electron chi connectivity index (χ1n) is 8.88. The molecule has 3 amide bonds. The summed E-state index contributed by atoms with van der Waals surface area (Å²) in [6.45, 7) is 1.46. The number of azide groups is 1. The predicted octanol–water partition coefficient (Wildman–Crippen LogP) is 3.04. The van der Waals surface area contributed by atoms with Crippen LogP contribution in [0.4, 0.5) is 5.69 Å². The highest BCUT2D eigenvalue weighted by Gasteiger charge is 2.40. The molecule has 0 spiro atoms. The molecule has 9 heteroatoms. The van der Waals surface area contributed by atoms with Crippen molar-refractivity contribution in [3.05, 3.63) is 70.1 Å². The fourth-order valence-electron chi connectivity index (χ4n) is 3.14. The molecule has 0 bridgehead atoms. The Morgan fingerprint density at radius 2 is 1.90 bits per heavy atom. The highest BCUT2D eigenvalue weighted by molar-refractivity contribution is 6.12. The van der Waals surface area contributed by atoms with E-state index in [1.54, 1.807) is 38.3 Å². The van der Waals surface area contributed by atoms with Gasteiger partial charge in [0, 0.05) is 17.0 Å². The number of benzene rings is 2. The van der Waals surface area contributed by atoms with Gasteiger partial charge in [0.1, 0.15) is 18.3 Å². The topological polar surface area (TPSA) is 116 Å². The molecule has 0 aromatic heterocycles. The Labute approximate surface area is 167 Å². The molecule has 0 N–H and O–H groups in total. The number of ether oxygens (including phenoxy) is 1. The van der Waals surface area contributed by atoms with E-state index in [-0.39, 0.29) is 30.2 Å². The summed E-state index contributed by atoms with van der Waals surface area (Å²) in [5.74, 6) is -0.804. The van der Waals surface area contributed by atoms with Crippen molar-refractivity contribution in [3.8, 4) is 5.75 Å². The zero-order valence-electron chi connectivity index (χ0n) is 16.0. The van der Waals surface area contributed by atoms with E-state index in [4.69, 9.17) is 10.3 Å². The van der Waals surface area contributed by atoms with Gasteiger partial charge in [0.05, 0.1) is 12.8 Å². The molecule has 1 fully saturated rings. The molecule has 1 saturated heterocycles. The number of carbonyl (C=O) groups excluding carboxylic acids is 3. The molecule has 29 heavy (non-hydrogen) atoms. The average molecular weight is 393 g/mol. The molecular formula is C20H19N5O4. The number of hydrogen-bond acceptors (Lipinski definition) is 5. The predicted molar refractivity (Wildman–Crippen MR) is 104 cm³/mol. The lowest BCUT2D eigenvalue weighted by Crippen LogP contribution is -2.59. The lowest BCUT2D eigenvalue weighted by molar-refractivity contribution is -0.153. The van der Waals surface area contributed by atoms with E-state index >= 15 is 0 Å². The smallest absolute Gasteiger partial charge is 0.261 e. The van der Waals surface area contributed by atoms with Gasteiger partial charge in [-0.3, -0.25) is 19.3 Å². The van der Waals surface area contributed by atoms with Crippen LogP contribution in [0.1, 0.15) is 22.8 Å². The number of piperazine rings is 1. The van der Waals surface area contributed by atoms with E-state index in [0.717, 1.165) is 10.5 Å². The molecule has 1 atom stereocenters. The van der Waals surface area contributed by atoms with Crippen LogP contribution in [-0.2, 0) is 16.1 Å². The van der Waals surface area contributed by atoms with Crippen LogP contribution < -0.4 is 4.74 Å². The first kappa shape index (κ1) is 19.9. The lowest BCUT2D eigenvalue weighted by Gasteiger charge is -2.38. The highest BCUT2D eigenvalue weighted by Crippen LogP contribution is 2.24. The zero-order valence-corrected chi connectivity index (χ0v) is 16.0. The third-order valence-electron chi connectivity index (χ3n) is 4.75. The van der Waals surface area contributed by atoms with Gasteiger partial charge >= 0.3 is 0 Å². The normalized spacial score (nSPS) is 16.4. The number of nitrogens with zero attached hydrogens (tertiary/aromatic N) is 5. The van der Waals surface area contributed by atoms with E-state index in [9.17, 15) is 14.4 Å². The minimum atomic E-state index is -0.811. The van der Waals surface area contributed by atoms with Crippen LogP contribution in [0.15, 0.2) is 53.6 Å². The van der Waals surface area contributed by atoms with Gasteiger partial charge in [-0.15, -0.1) is 0 Å². The summed E-state index contributed by atoms with van der Waals surface area (Å²) in [5, 5.41) is 3.49. The third-order valence-corrected chi connectivity index (χ3v) is 4.75. The fourth-order valence-corrected chi connectivity index (χ4v) is 3.14. The van der Waals surface area contributed by atoms with Crippen molar-refractivity contribution in [2.75, 3.05) is 13.7 Å². The average Bonchev–Trinajstić information content (AvgIpc) is 2.74. The first-order valence-corrected chi connectivity index (χ1v) is 8.88. The van der Waals surface area contributed by atoms with Crippen LogP contribution in [-0.4, -0.2) is 47.2 Å². The molecule has 0 radical (unpaired) electrons. The van der Waals surface area contributed by atoms with Crippen LogP contribution >= 0.6 is 0 Å². The maximum absolute atomic E-state index is 12.9. The van der Waals surface area contributed by atoms with Gasteiger partial charge in [-0.05, 0) is 36.2 Å². The summed E-state index contributed by atoms with van der Waals surface area (Å²) in [4.78, 5) is 43.5. The zero-order chi connectivity index (χ0) is 21.0. The Bertz CT molecular complexity index is 998. The van der Waals surface area contributed by atoms with Crippen molar-refractivity contribution in [3.63, 3.8) is 0 Å². The van der Waals surface area contributed by atoms with Gasteiger partial charge in [0.25, 0.3) is 11.8 Å². The molecule has 148 valence electrons. The molecule has 1 aliphatic heterocycles. The molecular weight excluding hydrogens is 374 g/mol. The lowest BCUT2D eigenvalue weighted by atomic mass is 10.1. The van der Waals surface area contributed by atoms with Gasteiger partial charge in [0.15, 0.2) is 0 Å². The second kappa shape index (κ2) is 8.45. The molecule has 3 rings (SSSR count). The van der Waals surface area contributed by atoms with Crippen molar-refractivity contribution in [1.82, 2.24) is 9.80 Å². The minimum Gasteiger partial charge on any atom is -0.497 e. The maximum Gasteiger partial charge on any atom is 0.261 e. The number of amides is 3. The molecule has 2 aromatic carbocycles. The summed E-state index contributed by atoms with van der Waals surface area (Å²) in [6, 6.07) is 12.5. The van der Waals surface area contributed by atoms with E-state index in [1.165, 1.54) is 17.0 Å². The van der Waals surface area contributed by atoms with Gasteiger partial charge in [-0.2, -0.15) is 0 Å². The van der Waals surface area contributed by atoms with Crippen LogP contribution in [0, 0.1) is 0 Å². The van der Waals surface area contributed by atoms with Crippen LogP contribution in [0.5, 0.6) is 5.75 Å². The Hall–Kier alpha value is -3.84. The summed E-state index contributed by atoms with van der Waals surface area (Å²) >= 11 is 0. The molecule has 0 saturated carbocycles. The Morgan fingerprint density at radius 1 is 1.21 bits per heavy atom. The molecule has 9 nitrogen and oxygen atoms in total. The third kappa shape index (κ3) is 4.04. The van der Waals surface area contributed by atoms with Crippen molar-refractivity contribution in [2.24, 2.45) is 5.11 Å². The number of carbonyl (C=O) groups is 3. The SMILES string of the molecule is COc1ccc(CN2C(=O)CN(C(=O)c3ccccc3N=[N+]=[N-])C(=O)[C@@H]2C)cc1. The van der Waals surface area contributed by atoms with Crippen LogP contribution in [0.25, 0.3) is 10.4 Å². The molecule has 1 aliphatic rings. The number of hydrogen-bond donors (Lipinski definition) is 0. The van der Waals surface area contributed by atoms with E-state index in [2.05, 4.69) is 10.0 Å². The number of rotatable bonds is 5. The molecule has 0 unspecified atom stereocenters. The van der Waals surface area contributed by atoms with Crippen molar-refractivity contribution < 1.29 is 19.1 Å². The monoisotopic (exact) mass is 393 g/mol. The Morgan fingerprint density at radius 3 is 2.55 bits per heavy atom. The standard InChI is InChI=1S/C20H19N5O4/c1-13-19(27)25(20(28)16-5-3-4-6-17(16)22-23-21)12-18(26)24(13)11-14-7-9-15(29-2)10-8-14/h3-10,13H,11-12H2,1-2H3/t13-/m0/s1. The van der Waals surface area contributed by atoms with Gasteiger partial charge < -0.3 is 9.64 Å². The Balaban J connectivity index is 1.80. The second-order valence-electron chi connectivity index (χ2n) is 6.48. The number of imide groups is 1. The van der Waals surface area contributed by atoms with Crippen molar-refractivity contribution >= 4 is 23.4 Å². The maximum atomic E-state index is 12.9. The second-order valence-corrected chi connectivity index (χ2v) is 6.48.